The van der Waals surface area contributed by atoms with E-state index in [1.54, 1.807) is 26.0 Å². The number of aromatic amines is 1. The molecule has 0 radical (unpaired) electrons. The molecule has 0 spiro atoms. The summed E-state index contributed by atoms with van der Waals surface area (Å²) in [5, 5.41) is 6.59. The smallest absolute Gasteiger partial charge is 0.265 e. The maximum atomic E-state index is 12.6. The maximum absolute atomic E-state index is 12.6. The SMILES string of the molecule is Cc1n[nH]c(C)c1S(=O)(=O)Nc1ccc2c(c1)C(=O)CCCC2. The second-order valence-corrected chi connectivity index (χ2v) is 7.49. The van der Waals surface area contributed by atoms with Crippen LogP contribution in [-0.4, -0.2) is 24.4 Å². The van der Waals surface area contributed by atoms with E-state index in [2.05, 4.69) is 14.9 Å². The number of hydrogen-bond donors (Lipinski definition) is 2. The van der Waals surface area contributed by atoms with Crippen LogP contribution in [0.15, 0.2) is 23.1 Å². The summed E-state index contributed by atoms with van der Waals surface area (Å²) >= 11 is 0. The van der Waals surface area contributed by atoms with Crippen molar-refractivity contribution in [2.75, 3.05) is 4.72 Å². The lowest BCUT2D eigenvalue weighted by Gasteiger charge is -2.11. The number of rotatable bonds is 3. The maximum Gasteiger partial charge on any atom is 0.265 e. The van der Waals surface area contributed by atoms with Gasteiger partial charge in [-0.05, 0) is 50.8 Å². The Morgan fingerprint density at radius 2 is 1.91 bits per heavy atom. The third-order valence-electron chi connectivity index (χ3n) is 4.09. The largest absolute Gasteiger partial charge is 0.294 e. The molecule has 1 aromatic heterocycles. The lowest BCUT2D eigenvalue weighted by Crippen LogP contribution is -2.15. The Hall–Kier alpha value is -2.15. The highest BCUT2D eigenvalue weighted by atomic mass is 32.2. The van der Waals surface area contributed by atoms with Crippen LogP contribution in [0.4, 0.5) is 5.69 Å². The van der Waals surface area contributed by atoms with Crippen molar-refractivity contribution in [2.45, 2.75) is 44.4 Å². The number of anilines is 1. The van der Waals surface area contributed by atoms with E-state index in [0.717, 1.165) is 24.8 Å². The van der Waals surface area contributed by atoms with Gasteiger partial charge in [-0.3, -0.25) is 14.6 Å². The lowest BCUT2D eigenvalue weighted by molar-refractivity contribution is 0.0982. The molecule has 23 heavy (non-hydrogen) atoms. The molecule has 0 aliphatic heterocycles. The molecular formula is C16H19N3O3S. The van der Waals surface area contributed by atoms with Gasteiger partial charge in [-0.15, -0.1) is 0 Å². The van der Waals surface area contributed by atoms with Gasteiger partial charge in [0.2, 0.25) is 0 Å². The molecule has 2 aromatic rings. The van der Waals surface area contributed by atoms with Crippen LogP contribution >= 0.6 is 0 Å². The zero-order chi connectivity index (χ0) is 16.6. The summed E-state index contributed by atoms with van der Waals surface area (Å²) < 4.78 is 27.7. The first-order chi connectivity index (χ1) is 10.9. The highest BCUT2D eigenvalue weighted by Crippen LogP contribution is 2.26. The molecule has 0 amide bonds. The van der Waals surface area contributed by atoms with Crippen LogP contribution in [0.3, 0.4) is 0 Å². The van der Waals surface area contributed by atoms with Crippen molar-refractivity contribution in [1.82, 2.24) is 10.2 Å². The zero-order valence-corrected chi connectivity index (χ0v) is 14.0. The average molecular weight is 333 g/mol. The predicted octanol–water partition coefficient (Wildman–Crippen LogP) is 2.74. The number of carbonyl (C=O) groups excluding carboxylic acids is 1. The molecule has 122 valence electrons. The summed E-state index contributed by atoms with van der Waals surface area (Å²) in [6, 6.07) is 5.19. The van der Waals surface area contributed by atoms with Crippen molar-refractivity contribution in [2.24, 2.45) is 0 Å². The molecule has 0 bridgehead atoms. The zero-order valence-electron chi connectivity index (χ0n) is 13.1. The number of ketones is 1. The first kappa shape index (κ1) is 15.7. The van der Waals surface area contributed by atoms with E-state index in [0.29, 0.717) is 29.1 Å². The van der Waals surface area contributed by atoms with Crippen LogP contribution in [0.2, 0.25) is 0 Å². The molecular weight excluding hydrogens is 314 g/mol. The number of fused-ring (bicyclic) bond motifs is 1. The summed E-state index contributed by atoms with van der Waals surface area (Å²) in [5.41, 5.74) is 2.93. The molecule has 0 atom stereocenters. The van der Waals surface area contributed by atoms with Crippen LogP contribution in [0.25, 0.3) is 0 Å². The van der Waals surface area contributed by atoms with Crippen LogP contribution in [0.1, 0.15) is 46.6 Å². The van der Waals surface area contributed by atoms with Crippen molar-refractivity contribution < 1.29 is 13.2 Å². The van der Waals surface area contributed by atoms with Crippen LogP contribution < -0.4 is 4.72 Å². The van der Waals surface area contributed by atoms with Crippen molar-refractivity contribution in [3.05, 3.63) is 40.7 Å². The summed E-state index contributed by atoms with van der Waals surface area (Å²) in [6.45, 7) is 3.30. The van der Waals surface area contributed by atoms with Gasteiger partial charge in [-0.2, -0.15) is 5.10 Å². The Balaban J connectivity index is 1.96. The molecule has 1 aromatic carbocycles. The Morgan fingerprint density at radius 1 is 1.17 bits per heavy atom. The predicted molar refractivity (Wildman–Crippen MR) is 87.2 cm³/mol. The molecule has 3 rings (SSSR count). The number of carbonyl (C=O) groups is 1. The van der Waals surface area contributed by atoms with Crippen molar-refractivity contribution in [3.8, 4) is 0 Å². The molecule has 2 N–H and O–H groups in total. The Labute approximate surface area is 135 Å². The highest BCUT2D eigenvalue weighted by Gasteiger charge is 2.23. The molecule has 0 unspecified atom stereocenters. The summed E-state index contributed by atoms with van der Waals surface area (Å²) in [6.07, 6.45) is 3.23. The Kier molecular flexibility index (Phi) is 3.97. The number of Topliss-reactive ketones (excluding diaryl/α,β-unsaturated/α-hetero) is 1. The van der Waals surface area contributed by atoms with Gasteiger partial charge in [0, 0.05) is 17.7 Å². The third kappa shape index (κ3) is 3.01. The van der Waals surface area contributed by atoms with Gasteiger partial charge in [0.15, 0.2) is 5.78 Å². The summed E-state index contributed by atoms with van der Waals surface area (Å²) in [7, 11) is -3.74. The van der Waals surface area contributed by atoms with Gasteiger partial charge in [0.1, 0.15) is 4.90 Å². The number of hydrogen-bond acceptors (Lipinski definition) is 4. The van der Waals surface area contributed by atoms with Gasteiger partial charge in [-0.1, -0.05) is 6.07 Å². The van der Waals surface area contributed by atoms with E-state index in [4.69, 9.17) is 0 Å². The molecule has 0 saturated heterocycles. The van der Waals surface area contributed by atoms with Crippen molar-refractivity contribution in [1.29, 1.82) is 0 Å². The minimum atomic E-state index is -3.74. The molecule has 7 heteroatoms. The molecule has 0 fully saturated rings. The van der Waals surface area contributed by atoms with E-state index < -0.39 is 10.0 Å². The number of aromatic nitrogens is 2. The summed E-state index contributed by atoms with van der Waals surface area (Å²) in [5.74, 6) is 0.0780. The fourth-order valence-corrected chi connectivity index (χ4v) is 4.42. The quantitative estimate of drug-likeness (QED) is 0.845. The van der Waals surface area contributed by atoms with Crippen molar-refractivity contribution >= 4 is 21.5 Å². The van der Waals surface area contributed by atoms with E-state index >= 15 is 0 Å². The third-order valence-corrected chi connectivity index (χ3v) is 5.74. The minimum absolute atomic E-state index is 0.0780. The second-order valence-electron chi connectivity index (χ2n) is 5.87. The fourth-order valence-electron chi connectivity index (χ4n) is 3.00. The lowest BCUT2D eigenvalue weighted by atomic mass is 10.0. The van der Waals surface area contributed by atoms with Gasteiger partial charge in [0.25, 0.3) is 10.0 Å². The molecule has 6 nitrogen and oxygen atoms in total. The summed E-state index contributed by atoms with van der Waals surface area (Å²) in [4.78, 5) is 12.3. The number of aryl methyl sites for hydroxylation is 3. The van der Waals surface area contributed by atoms with Gasteiger partial charge in [0.05, 0.1) is 11.4 Å². The Bertz CT molecular complexity index is 849. The molecule has 0 saturated carbocycles. The van der Waals surface area contributed by atoms with E-state index in [-0.39, 0.29) is 10.7 Å². The highest BCUT2D eigenvalue weighted by molar-refractivity contribution is 7.92. The monoisotopic (exact) mass is 333 g/mol. The average Bonchev–Trinajstić information content (AvgIpc) is 2.72. The van der Waals surface area contributed by atoms with E-state index in [1.807, 2.05) is 6.07 Å². The number of sulfonamides is 1. The first-order valence-electron chi connectivity index (χ1n) is 7.59. The molecule has 1 aliphatic carbocycles. The van der Waals surface area contributed by atoms with Crippen molar-refractivity contribution in [3.63, 3.8) is 0 Å². The van der Waals surface area contributed by atoms with Crippen LogP contribution in [-0.2, 0) is 16.4 Å². The number of nitrogens with zero attached hydrogens (tertiary/aromatic N) is 1. The number of benzene rings is 1. The van der Waals surface area contributed by atoms with E-state index in [1.165, 1.54) is 0 Å². The van der Waals surface area contributed by atoms with Crippen LogP contribution in [0, 0.1) is 13.8 Å². The fraction of sp³-hybridized carbons (Fsp3) is 0.375. The topological polar surface area (TPSA) is 91.9 Å². The number of nitrogens with one attached hydrogen (secondary N) is 2. The second kappa shape index (κ2) is 5.81. The van der Waals surface area contributed by atoms with Gasteiger partial charge >= 0.3 is 0 Å². The number of H-pyrrole nitrogens is 1. The molecule has 1 heterocycles. The van der Waals surface area contributed by atoms with Gasteiger partial charge in [-0.25, -0.2) is 8.42 Å². The standard InChI is InChI=1S/C16H19N3O3S/c1-10-16(11(2)18-17-10)23(21,22)19-13-8-7-12-5-3-4-6-15(20)14(12)9-13/h7-9,19H,3-6H2,1-2H3,(H,17,18). The van der Waals surface area contributed by atoms with Crippen LogP contribution in [0.5, 0.6) is 0 Å². The first-order valence-corrected chi connectivity index (χ1v) is 9.07. The van der Waals surface area contributed by atoms with E-state index in [9.17, 15) is 13.2 Å². The molecule has 1 aliphatic rings. The van der Waals surface area contributed by atoms with Gasteiger partial charge < -0.3 is 0 Å². The normalized spacial score (nSPS) is 15.1. The Morgan fingerprint density at radius 3 is 2.61 bits per heavy atom. The minimum Gasteiger partial charge on any atom is -0.294 e.